The van der Waals surface area contributed by atoms with E-state index in [0.717, 1.165) is 27.8 Å². The van der Waals surface area contributed by atoms with Gasteiger partial charge in [-0.15, -0.1) is 0 Å². The lowest BCUT2D eigenvalue weighted by Crippen LogP contribution is -2.36. The topological polar surface area (TPSA) is 93.3 Å². The van der Waals surface area contributed by atoms with Crippen LogP contribution in [0.1, 0.15) is 22.3 Å². The predicted octanol–water partition coefficient (Wildman–Crippen LogP) is 5.34. The predicted molar refractivity (Wildman–Crippen MR) is 170 cm³/mol. The van der Waals surface area contributed by atoms with Crippen LogP contribution in [0.15, 0.2) is 101 Å². The van der Waals surface area contributed by atoms with Crippen molar-refractivity contribution in [2.75, 3.05) is 13.2 Å². The lowest BCUT2D eigenvalue weighted by Gasteiger charge is -2.23. The summed E-state index contributed by atoms with van der Waals surface area (Å²) >= 11 is 7.31. The number of carbonyl (C=O) groups is 1. The number of carbonyl (C=O) groups excluding carboxylic acids is 1. The van der Waals surface area contributed by atoms with Crippen molar-refractivity contribution < 1.29 is 14.3 Å². The van der Waals surface area contributed by atoms with Gasteiger partial charge in [-0.3, -0.25) is 14.3 Å². The monoisotopic (exact) mass is 631 g/mol. The molecule has 5 aromatic rings. The molecule has 0 saturated heterocycles. The number of rotatable bonds is 12. The molecule has 0 bridgehead atoms. The fourth-order valence-corrected chi connectivity index (χ4v) is 5.75. The first-order valence-corrected chi connectivity index (χ1v) is 15.3. The minimum atomic E-state index is -0.382. The highest BCUT2D eigenvalue weighted by molar-refractivity contribution is 7.98. The summed E-state index contributed by atoms with van der Waals surface area (Å²) in [6, 6.07) is 21.6. The first-order valence-electron chi connectivity index (χ1n) is 14.0. The Bertz CT molecular complexity index is 1770. The fourth-order valence-electron chi connectivity index (χ4n) is 4.71. The molecule has 44 heavy (non-hydrogen) atoms. The summed E-state index contributed by atoms with van der Waals surface area (Å²) in [5.41, 5.74) is 4.71. The van der Waals surface area contributed by atoms with Gasteiger partial charge in [-0.2, -0.15) is 10.1 Å². The minimum Gasteiger partial charge on any atom is -0.395 e. The molecule has 0 atom stereocenters. The van der Waals surface area contributed by atoms with Gasteiger partial charge in [0.2, 0.25) is 5.91 Å². The third-order valence-corrected chi connectivity index (χ3v) is 8.31. The normalized spacial score (nSPS) is 11.1. The van der Waals surface area contributed by atoms with Gasteiger partial charge in [-0.05, 0) is 52.1 Å². The summed E-state index contributed by atoms with van der Waals surface area (Å²) in [4.78, 5) is 32.6. The van der Waals surface area contributed by atoms with Gasteiger partial charge in [0.1, 0.15) is 12.4 Å². The molecule has 1 amide bonds. The van der Waals surface area contributed by atoms with Gasteiger partial charge in [-0.25, -0.2) is 4.39 Å². The maximum atomic E-state index is 13.7. The van der Waals surface area contributed by atoms with Gasteiger partial charge in [0.25, 0.3) is 5.56 Å². The fraction of sp³-hybridized carbons (Fsp3) is 0.212. The van der Waals surface area contributed by atoms with Crippen LogP contribution in [0.5, 0.6) is 0 Å². The molecule has 11 heteroatoms. The molecule has 0 unspecified atom stereocenters. The lowest BCUT2D eigenvalue weighted by molar-refractivity contribution is -0.133. The molecule has 0 aliphatic heterocycles. The van der Waals surface area contributed by atoms with Crippen LogP contribution in [-0.4, -0.2) is 48.4 Å². The van der Waals surface area contributed by atoms with Gasteiger partial charge in [-0.1, -0.05) is 71.9 Å². The van der Waals surface area contributed by atoms with Crippen LogP contribution in [0.2, 0.25) is 5.02 Å². The summed E-state index contributed by atoms with van der Waals surface area (Å²) in [6.07, 6.45) is 5.50. The van der Waals surface area contributed by atoms with Crippen LogP contribution >= 0.6 is 23.4 Å². The largest absolute Gasteiger partial charge is 0.395 e. The molecule has 0 radical (unpaired) electrons. The Balaban J connectivity index is 1.36. The number of halogens is 2. The number of aromatic nitrogens is 4. The molecular formula is C33H31ClFN5O3S. The molecule has 0 spiro atoms. The zero-order valence-electron chi connectivity index (χ0n) is 24.1. The Labute approximate surface area is 263 Å². The average Bonchev–Trinajstić information content (AvgIpc) is 3.43. The third-order valence-electron chi connectivity index (χ3n) is 7.00. The van der Waals surface area contributed by atoms with Crippen molar-refractivity contribution in [2.24, 2.45) is 7.05 Å². The van der Waals surface area contributed by atoms with E-state index >= 15 is 0 Å². The molecule has 226 valence electrons. The lowest BCUT2D eigenvalue weighted by atomic mass is 10.0. The highest BCUT2D eigenvalue weighted by atomic mass is 35.5. The number of nitrogens with zero attached hydrogens (tertiary/aromatic N) is 5. The van der Waals surface area contributed by atoms with E-state index < -0.39 is 0 Å². The van der Waals surface area contributed by atoms with Crippen molar-refractivity contribution in [3.63, 3.8) is 0 Å². The second-order valence-corrected chi connectivity index (χ2v) is 11.7. The Morgan fingerprint density at radius 1 is 0.955 bits per heavy atom. The molecule has 5 rings (SSSR count). The first-order chi connectivity index (χ1) is 21.3. The molecule has 0 aliphatic carbocycles. The second-order valence-electron chi connectivity index (χ2n) is 10.3. The Morgan fingerprint density at radius 2 is 1.61 bits per heavy atom. The number of aliphatic hydroxyl groups is 1. The molecular weight excluding hydrogens is 601 g/mol. The Hall–Kier alpha value is -4.25. The number of hydrogen-bond donors (Lipinski definition) is 1. The van der Waals surface area contributed by atoms with Crippen LogP contribution in [0.4, 0.5) is 4.39 Å². The van der Waals surface area contributed by atoms with E-state index in [1.54, 1.807) is 45.7 Å². The van der Waals surface area contributed by atoms with Crippen LogP contribution < -0.4 is 5.56 Å². The number of amides is 1. The quantitative estimate of drug-likeness (QED) is 0.148. The van der Waals surface area contributed by atoms with E-state index in [2.05, 4.69) is 10.1 Å². The van der Waals surface area contributed by atoms with Crippen LogP contribution in [-0.2, 0) is 37.1 Å². The molecule has 0 saturated carbocycles. The maximum absolute atomic E-state index is 13.7. The molecule has 3 aromatic carbocycles. The zero-order chi connectivity index (χ0) is 31.1. The second kappa shape index (κ2) is 14.5. The van der Waals surface area contributed by atoms with E-state index in [1.165, 1.54) is 23.9 Å². The van der Waals surface area contributed by atoms with E-state index in [9.17, 15) is 19.1 Å². The molecule has 1 N–H and O–H groups in total. The van der Waals surface area contributed by atoms with Gasteiger partial charge >= 0.3 is 0 Å². The van der Waals surface area contributed by atoms with E-state index in [1.807, 2.05) is 54.7 Å². The molecule has 8 nitrogen and oxygen atoms in total. The van der Waals surface area contributed by atoms with Crippen molar-refractivity contribution in [3.05, 3.63) is 135 Å². The van der Waals surface area contributed by atoms with E-state index in [4.69, 9.17) is 11.6 Å². The van der Waals surface area contributed by atoms with Gasteiger partial charge in [0.05, 0.1) is 12.8 Å². The van der Waals surface area contributed by atoms with Crippen molar-refractivity contribution in [3.8, 4) is 11.1 Å². The summed E-state index contributed by atoms with van der Waals surface area (Å²) in [7, 11) is 1.80. The molecule has 2 heterocycles. The van der Waals surface area contributed by atoms with Crippen molar-refractivity contribution >= 4 is 29.3 Å². The smallest absolute Gasteiger partial charge is 0.277 e. The number of hydrogen-bond acceptors (Lipinski definition) is 6. The standard InChI is InChI=1S/C33H31ClFN5O3S/c1-38-18-25(17-36-38)16-28-20-40(33(37-32(28)43)44-22-24-4-12-30(35)13-5-24)21-31(42)39(14-15-41)19-23-2-6-26(7-3-23)27-8-10-29(34)11-9-27/h2-13,17-18,20,41H,14-16,19,21-22H2,1H3. The molecule has 0 fully saturated rings. The van der Waals surface area contributed by atoms with Gasteiger partial charge in [0.15, 0.2) is 5.16 Å². The number of thioether (sulfide) groups is 1. The highest BCUT2D eigenvalue weighted by Crippen LogP contribution is 2.24. The van der Waals surface area contributed by atoms with E-state index in [0.29, 0.717) is 34.5 Å². The van der Waals surface area contributed by atoms with Crippen molar-refractivity contribution in [1.29, 1.82) is 0 Å². The Kier molecular flexibility index (Phi) is 10.3. The summed E-state index contributed by atoms with van der Waals surface area (Å²) in [5.74, 6) is -0.131. The summed E-state index contributed by atoms with van der Waals surface area (Å²) in [5, 5.41) is 15.0. The van der Waals surface area contributed by atoms with Gasteiger partial charge < -0.3 is 14.6 Å². The summed E-state index contributed by atoms with van der Waals surface area (Å²) < 4.78 is 16.7. The van der Waals surface area contributed by atoms with Crippen LogP contribution in [0.25, 0.3) is 11.1 Å². The first kappa shape index (κ1) is 31.2. The van der Waals surface area contributed by atoms with E-state index in [-0.39, 0.29) is 37.0 Å². The summed E-state index contributed by atoms with van der Waals surface area (Å²) in [6.45, 7) is 0.165. The van der Waals surface area contributed by atoms with Crippen molar-refractivity contribution in [2.45, 2.75) is 30.4 Å². The van der Waals surface area contributed by atoms with Gasteiger partial charge in [0, 0.05) is 55.3 Å². The SMILES string of the molecule is Cn1cc(Cc2cn(CC(=O)N(CCO)Cc3ccc(-c4ccc(Cl)cc4)cc3)c(SCc3ccc(F)cc3)nc2=O)cn1. The number of aryl methyl sites for hydroxylation is 1. The minimum absolute atomic E-state index is 0.0814. The van der Waals surface area contributed by atoms with Crippen LogP contribution in [0.3, 0.4) is 0 Å². The Morgan fingerprint density at radius 3 is 2.25 bits per heavy atom. The molecule has 2 aromatic heterocycles. The molecule has 0 aliphatic rings. The average molecular weight is 632 g/mol. The zero-order valence-corrected chi connectivity index (χ0v) is 25.6. The maximum Gasteiger partial charge on any atom is 0.277 e. The van der Waals surface area contributed by atoms with Crippen molar-refractivity contribution in [1.82, 2.24) is 24.2 Å². The van der Waals surface area contributed by atoms with Crippen LogP contribution in [0, 0.1) is 5.82 Å². The number of benzene rings is 3. The third kappa shape index (κ3) is 8.22. The number of aliphatic hydroxyl groups excluding tert-OH is 1. The highest BCUT2D eigenvalue weighted by Gasteiger charge is 2.18.